The van der Waals surface area contributed by atoms with Crippen molar-refractivity contribution in [2.24, 2.45) is 11.7 Å². The van der Waals surface area contributed by atoms with E-state index in [2.05, 4.69) is 15.4 Å². The topological polar surface area (TPSA) is 111 Å². The molecule has 7 heteroatoms. The molecular formula is C17H25N3O4. The molecule has 0 aliphatic rings. The van der Waals surface area contributed by atoms with Crippen molar-refractivity contribution in [3.8, 4) is 0 Å². The van der Waals surface area contributed by atoms with Gasteiger partial charge in [-0.1, -0.05) is 20.3 Å². The second-order valence-corrected chi connectivity index (χ2v) is 5.56. The molecule has 0 aliphatic heterocycles. The van der Waals surface area contributed by atoms with Crippen LogP contribution in [0.15, 0.2) is 24.3 Å². The van der Waals surface area contributed by atoms with Gasteiger partial charge in [-0.2, -0.15) is 0 Å². The summed E-state index contributed by atoms with van der Waals surface area (Å²) in [6.07, 6.45) is 0.934. The maximum absolute atomic E-state index is 12.0. The third-order valence-corrected chi connectivity index (χ3v) is 3.82. The van der Waals surface area contributed by atoms with Gasteiger partial charge in [-0.15, -0.1) is 0 Å². The second-order valence-electron chi connectivity index (χ2n) is 5.56. The molecule has 2 amide bonds. The SMILES string of the molecule is CCC(C)C(N)C(=O)Nc1ccc(C(=O)NCCC(=O)OC)cc1. The maximum atomic E-state index is 12.0. The van der Waals surface area contributed by atoms with Gasteiger partial charge in [0, 0.05) is 17.8 Å². The highest BCUT2D eigenvalue weighted by Crippen LogP contribution is 2.12. The Kier molecular flexibility index (Phi) is 7.91. The minimum atomic E-state index is -0.573. The monoisotopic (exact) mass is 335 g/mol. The van der Waals surface area contributed by atoms with Crippen molar-refractivity contribution in [3.05, 3.63) is 29.8 Å². The molecule has 0 radical (unpaired) electrons. The number of hydrogen-bond acceptors (Lipinski definition) is 5. The van der Waals surface area contributed by atoms with Crippen molar-refractivity contribution >= 4 is 23.5 Å². The van der Waals surface area contributed by atoms with Crippen molar-refractivity contribution in [1.82, 2.24) is 5.32 Å². The first-order valence-corrected chi connectivity index (χ1v) is 7.90. The van der Waals surface area contributed by atoms with E-state index in [9.17, 15) is 14.4 Å². The first-order chi connectivity index (χ1) is 11.4. The first-order valence-electron chi connectivity index (χ1n) is 7.90. The molecule has 0 aliphatic carbocycles. The highest BCUT2D eigenvalue weighted by atomic mass is 16.5. The highest BCUT2D eigenvalue weighted by Gasteiger charge is 2.19. The molecule has 0 fully saturated rings. The smallest absolute Gasteiger partial charge is 0.307 e. The number of nitrogens with one attached hydrogen (secondary N) is 2. The molecule has 7 nitrogen and oxygen atoms in total. The number of carbonyl (C=O) groups excluding carboxylic acids is 3. The normalized spacial score (nSPS) is 12.8. The molecule has 0 spiro atoms. The minimum Gasteiger partial charge on any atom is -0.469 e. The lowest BCUT2D eigenvalue weighted by Crippen LogP contribution is -2.40. The summed E-state index contributed by atoms with van der Waals surface area (Å²) < 4.78 is 4.49. The van der Waals surface area contributed by atoms with Crippen LogP contribution in [0.1, 0.15) is 37.0 Å². The summed E-state index contributed by atoms with van der Waals surface area (Å²) in [5.74, 6) is -0.844. The Morgan fingerprint density at radius 1 is 1.21 bits per heavy atom. The lowest BCUT2D eigenvalue weighted by Gasteiger charge is -2.17. The molecule has 0 aromatic heterocycles. The number of anilines is 1. The fourth-order valence-corrected chi connectivity index (χ4v) is 1.93. The van der Waals surface area contributed by atoms with E-state index >= 15 is 0 Å². The molecule has 2 atom stereocenters. The van der Waals surface area contributed by atoms with Gasteiger partial charge in [0.25, 0.3) is 5.91 Å². The van der Waals surface area contributed by atoms with Gasteiger partial charge in [-0.3, -0.25) is 14.4 Å². The molecule has 0 saturated carbocycles. The zero-order valence-corrected chi connectivity index (χ0v) is 14.3. The number of rotatable bonds is 8. The zero-order chi connectivity index (χ0) is 18.1. The van der Waals surface area contributed by atoms with E-state index < -0.39 is 6.04 Å². The number of esters is 1. The van der Waals surface area contributed by atoms with E-state index in [1.807, 2.05) is 13.8 Å². The predicted octanol–water partition coefficient (Wildman–Crippen LogP) is 1.29. The Morgan fingerprint density at radius 2 is 1.83 bits per heavy atom. The molecule has 1 aromatic carbocycles. The summed E-state index contributed by atoms with van der Waals surface area (Å²) in [7, 11) is 1.30. The van der Waals surface area contributed by atoms with Gasteiger partial charge >= 0.3 is 5.97 Å². The van der Waals surface area contributed by atoms with Crippen molar-refractivity contribution in [1.29, 1.82) is 0 Å². The van der Waals surface area contributed by atoms with E-state index in [1.165, 1.54) is 7.11 Å². The van der Waals surface area contributed by atoms with Crippen LogP contribution in [0.3, 0.4) is 0 Å². The fraction of sp³-hybridized carbons (Fsp3) is 0.471. The third kappa shape index (κ3) is 6.00. The summed E-state index contributed by atoms with van der Waals surface area (Å²) in [5, 5.41) is 5.35. The Hall–Kier alpha value is -2.41. The molecule has 4 N–H and O–H groups in total. The van der Waals surface area contributed by atoms with Crippen molar-refractivity contribution in [2.45, 2.75) is 32.7 Å². The molecular weight excluding hydrogens is 310 g/mol. The largest absolute Gasteiger partial charge is 0.469 e. The van der Waals surface area contributed by atoms with E-state index in [-0.39, 0.29) is 36.7 Å². The third-order valence-electron chi connectivity index (χ3n) is 3.82. The van der Waals surface area contributed by atoms with Crippen LogP contribution in [0.2, 0.25) is 0 Å². The van der Waals surface area contributed by atoms with Gasteiger partial charge in [-0.05, 0) is 30.2 Å². The van der Waals surface area contributed by atoms with Crippen molar-refractivity contribution in [2.75, 3.05) is 19.0 Å². The predicted molar refractivity (Wildman–Crippen MR) is 91.5 cm³/mol. The Balaban J connectivity index is 2.54. The van der Waals surface area contributed by atoms with E-state index in [4.69, 9.17) is 5.73 Å². The molecule has 132 valence electrons. The fourth-order valence-electron chi connectivity index (χ4n) is 1.93. The summed E-state index contributed by atoms with van der Waals surface area (Å²) >= 11 is 0. The minimum absolute atomic E-state index is 0.0878. The first kappa shape index (κ1) is 19.6. The number of ether oxygens (including phenoxy) is 1. The lowest BCUT2D eigenvalue weighted by atomic mass is 9.99. The van der Waals surface area contributed by atoms with Crippen LogP contribution in [0.25, 0.3) is 0 Å². The van der Waals surface area contributed by atoms with E-state index in [1.54, 1.807) is 24.3 Å². The molecule has 0 bridgehead atoms. The quantitative estimate of drug-likeness (QED) is 0.620. The maximum Gasteiger partial charge on any atom is 0.307 e. The molecule has 1 aromatic rings. The van der Waals surface area contributed by atoms with Gasteiger partial charge in [0.2, 0.25) is 5.91 Å². The summed E-state index contributed by atoms with van der Waals surface area (Å²) in [6, 6.07) is 5.89. The van der Waals surface area contributed by atoms with Crippen LogP contribution in [0.5, 0.6) is 0 Å². The number of benzene rings is 1. The van der Waals surface area contributed by atoms with Crippen molar-refractivity contribution < 1.29 is 19.1 Å². The van der Waals surface area contributed by atoms with Crippen LogP contribution in [-0.2, 0) is 14.3 Å². The number of carbonyl (C=O) groups is 3. The number of methoxy groups -OCH3 is 1. The van der Waals surface area contributed by atoms with Crippen molar-refractivity contribution in [3.63, 3.8) is 0 Å². The van der Waals surface area contributed by atoms with Crippen LogP contribution in [0.4, 0.5) is 5.69 Å². The number of nitrogens with two attached hydrogens (primary N) is 1. The van der Waals surface area contributed by atoms with Crippen LogP contribution < -0.4 is 16.4 Å². The van der Waals surface area contributed by atoms with Gasteiger partial charge in [0.1, 0.15) is 0 Å². The van der Waals surface area contributed by atoms with E-state index in [0.717, 1.165) is 6.42 Å². The Morgan fingerprint density at radius 3 is 2.38 bits per heavy atom. The van der Waals surface area contributed by atoms with E-state index in [0.29, 0.717) is 11.3 Å². The van der Waals surface area contributed by atoms with Gasteiger partial charge in [-0.25, -0.2) is 0 Å². The highest BCUT2D eigenvalue weighted by molar-refractivity contribution is 5.97. The number of amides is 2. The van der Waals surface area contributed by atoms with Crippen LogP contribution in [-0.4, -0.2) is 37.5 Å². The summed E-state index contributed by atoms with van der Waals surface area (Å²) in [5.41, 5.74) is 6.88. The lowest BCUT2D eigenvalue weighted by molar-refractivity contribution is -0.140. The molecule has 24 heavy (non-hydrogen) atoms. The number of hydrogen-bond donors (Lipinski definition) is 3. The molecule has 1 rings (SSSR count). The summed E-state index contributed by atoms with van der Waals surface area (Å²) in [6.45, 7) is 4.10. The van der Waals surface area contributed by atoms with Gasteiger partial charge in [0.15, 0.2) is 0 Å². The zero-order valence-electron chi connectivity index (χ0n) is 14.3. The second kappa shape index (κ2) is 9.67. The standard InChI is InChI=1S/C17H25N3O4/c1-4-11(2)15(18)17(23)20-13-7-5-12(6-8-13)16(22)19-10-9-14(21)24-3/h5-8,11,15H,4,9-10,18H2,1-3H3,(H,19,22)(H,20,23). The molecule has 2 unspecified atom stereocenters. The van der Waals surface area contributed by atoms with Crippen LogP contribution >= 0.6 is 0 Å². The van der Waals surface area contributed by atoms with Crippen LogP contribution in [0, 0.1) is 5.92 Å². The Bertz CT molecular complexity index is 572. The molecule has 0 saturated heterocycles. The average molecular weight is 335 g/mol. The van der Waals surface area contributed by atoms with Gasteiger partial charge < -0.3 is 21.1 Å². The average Bonchev–Trinajstić information content (AvgIpc) is 2.60. The van der Waals surface area contributed by atoms with Gasteiger partial charge in [0.05, 0.1) is 19.6 Å². The molecule has 0 heterocycles. The summed E-state index contributed by atoms with van der Waals surface area (Å²) in [4.78, 5) is 34.9. The Labute approximate surface area is 141 Å².